The molecule has 1 aliphatic heterocycles. The summed E-state index contributed by atoms with van der Waals surface area (Å²) in [5.74, 6) is 0.888. The normalized spacial score (nSPS) is 34.4. The van der Waals surface area contributed by atoms with E-state index in [9.17, 15) is 0 Å². The van der Waals surface area contributed by atoms with Crippen LogP contribution in [0.5, 0.6) is 0 Å². The Morgan fingerprint density at radius 1 is 1.15 bits per heavy atom. The maximum absolute atomic E-state index is 6.26. The topological polar surface area (TPSA) is 32.5 Å². The molecule has 1 saturated carbocycles. The van der Waals surface area contributed by atoms with Crippen LogP contribution in [-0.4, -0.2) is 54.6 Å². The largest absolute Gasteiger partial charge is 0.329 e. The van der Waals surface area contributed by atoms with Gasteiger partial charge in [-0.25, -0.2) is 0 Å². The average Bonchev–Trinajstić information content (AvgIpc) is 2.69. The second-order valence-electron chi connectivity index (χ2n) is 7.24. The number of nitrogens with two attached hydrogens (primary N) is 1. The third kappa shape index (κ3) is 3.55. The van der Waals surface area contributed by atoms with E-state index in [0.717, 1.165) is 18.5 Å². The molecule has 1 heterocycles. The summed E-state index contributed by atoms with van der Waals surface area (Å²) in [6.07, 6.45) is 9.35. The molecule has 1 aliphatic carbocycles. The molecule has 0 radical (unpaired) electrons. The summed E-state index contributed by atoms with van der Waals surface area (Å²) in [7, 11) is 2.36. The summed E-state index contributed by atoms with van der Waals surface area (Å²) >= 11 is 0. The fraction of sp³-hybridized carbons (Fsp3) is 1.00. The smallest absolute Gasteiger partial charge is 0.0331 e. The van der Waals surface area contributed by atoms with Crippen LogP contribution in [0, 0.1) is 5.92 Å². The minimum absolute atomic E-state index is 0.282. The number of likely N-dealkylation sites (tertiary alicyclic amines) is 1. The van der Waals surface area contributed by atoms with E-state index in [0.29, 0.717) is 0 Å². The summed E-state index contributed by atoms with van der Waals surface area (Å²) < 4.78 is 0. The first kappa shape index (κ1) is 16.3. The van der Waals surface area contributed by atoms with E-state index in [2.05, 4.69) is 30.7 Å². The van der Waals surface area contributed by atoms with E-state index in [-0.39, 0.29) is 5.54 Å². The highest BCUT2D eigenvalue weighted by atomic mass is 15.2. The highest BCUT2D eigenvalue weighted by Crippen LogP contribution is 2.36. The van der Waals surface area contributed by atoms with Crippen molar-refractivity contribution in [2.75, 3.05) is 33.2 Å². The van der Waals surface area contributed by atoms with Crippen molar-refractivity contribution in [3.8, 4) is 0 Å². The molecule has 2 atom stereocenters. The van der Waals surface area contributed by atoms with Gasteiger partial charge in [-0.15, -0.1) is 0 Å². The lowest BCUT2D eigenvalue weighted by Gasteiger charge is -2.47. The highest BCUT2D eigenvalue weighted by molar-refractivity contribution is 4.96. The lowest BCUT2D eigenvalue weighted by Crippen LogP contribution is -2.57. The molecule has 0 aromatic heterocycles. The predicted octanol–water partition coefficient (Wildman–Crippen LogP) is 2.70. The fourth-order valence-electron chi connectivity index (χ4n) is 4.27. The summed E-state index contributed by atoms with van der Waals surface area (Å²) in [5, 5.41) is 0. The van der Waals surface area contributed by atoms with Gasteiger partial charge < -0.3 is 10.6 Å². The molecule has 0 aromatic rings. The van der Waals surface area contributed by atoms with E-state index in [1.165, 1.54) is 64.6 Å². The summed E-state index contributed by atoms with van der Waals surface area (Å²) in [5.41, 5.74) is 6.54. The van der Waals surface area contributed by atoms with Gasteiger partial charge in [0, 0.05) is 18.1 Å². The molecule has 0 bridgehead atoms. The van der Waals surface area contributed by atoms with Crippen LogP contribution < -0.4 is 5.73 Å². The van der Waals surface area contributed by atoms with Gasteiger partial charge in [0.05, 0.1) is 0 Å². The van der Waals surface area contributed by atoms with E-state index in [1.54, 1.807) is 0 Å². The molecule has 3 heteroatoms. The second-order valence-corrected chi connectivity index (χ2v) is 7.24. The standard InChI is InChI=1S/C17H35N3/c1-4-20-12-8-16(9-13-20)19(3)17(14-18)10-5-6-15(2)7-11-17/h15-16H,4-14,18H2,1-3H3. The van der Waals surface area contributed by atoms with Gasteiger partial charge in [0.2, 0.25) is 0 Å². The first-order valence-corrected chi connectivity index (χ1v) is 8.76. The quantitative estimate of drug-likeness (QED) is 0.804. The highest BCUT2D eigenvalue weighted by Gasteiger charge is 2.38. The first-order valence-electron chi connectivity index (χ1n) is 8.76. The van der Waals surface area contributed by atoms with Crippen molar-refractivity contribution in [3.05, 3.63) is 0 Å². The summed E-state index contributed by atoms with van der Waals surface area (Å²) in [4.78, 5) is 5.27. The van der Waals surface area contributed by atoms with Gasteiger partial charge in [0.1, 0.15) is 0 Å². The number of hydrogen-bond donors (Lipinski definition) is 1. The number of hydrogen-bond acceptors (Lipinski definition) is 3. The van der Waals surface area contributed by atoms with Crippen molar-refractivity contribution < 1.29 is 0 Å². The lowest BCUT2D eigenvalue weighted by atomic mass is 9.85. The Kier molecular flexibility index (Phi) is 5.88. The number of nitrogens with zero attached hydrogens (tertiary/aromatic N) is 2. The molecule has 2 unspecified atom stereocenters. The molecule has 0 aromatic carbocycles. The van der Waals surface area contributed by atoms with E-state index >= 15 is 0 Å². The third-order valence-electron chi connectivity index (χ3n) is 6.12. The van der Waals surface area contributed by atoms with Gasteiger partial charge in [-0.2, -0.15) is 0 Å². The van der Waals surface area contributed by atoms with E-state index in [1.807, 2.05) is 0 Å². The number of likely N-dealkylation sites (N-methyl/N-ethyl adjacent to an activating group) is 1. The zero-order chi connectivity index (χ0) is 14.6. The van der Waals surface area contributed by atoms with E-state index < -0.39 is 0 Å². The van der Waals surface area contributed by atoms with Gasteiger partial charge in [-0.05, 0) is 64.7 Å². The Morgan fingerprint density at radius 3 is 2.45 bits per heavy atom. The Labute approximate surface area is 125 Å². The van der Waals surface area contributed by atoms with Crippen LogP contribution in [-0.2, 0) is 0 Å². The molecule has 20 heavy (non-hydrogen) atoms. The molecule has 3 nitrogen and oxygen atoms in total. The van der Waals surface area contributed by atoms with Crippen molar-refractivity contribution >= 4 is 0 Å². The molecular formula is C17H35N3. The Hall–Kier alpha value is -0.120. The summed E-state index contributed by atoms with van der Waals surface area (Å²) in [6, 6.07) is 0.745. The molecule has 0 amide bonds. The average molecular weight is 281 g/mol. The molecule has 118 valence electrons. The van der Waals surface area contributed by atoms with Crippen molar-refractivity contribution in [2.45, 2.75) is 70.4 Å². The Morgan fingerprint density at radius 2 is 1.85 bits per heavy atom. The van der Waals surface area contributed by atoms with Gasteiger partial charge in [-0.1, -0.05) is 26.7 Å². The van der Waals surface area contributed by atoms with Crippen LogP contribution >= 0.6 is 0 Å². The van der Waals surface area contributed by atoms with Crippen LogP contribution in [0.4, 0.5) is 0 Å². The van der Waals surface area contributed by atoms with Crippen LogP contribution in [0.2, 0.25) is 0 Å². The molecule has 2 rings (SSSR count). The number of rotatable bonds is 4. The van der Waals surface area contributed by atoms with Gasteiger partial charge in [-0.3, -0.25) is 4.90 Å². The third-order valence-corrected chi connectivity index (χ3v) is 6.12. The SMILES string of the molecule is CCN1CCC(N(C)C2(CN)CCCC(C)CC2)CC1. The van der Waals surface area contributed by atoms with Crippen LogP contribution in [0.15, 0.2) is 0 Å². The van der Waals surface area contributed by atoms with Crippen molar-refractivity contribution in [1.29, 1.82) is 0 Å². The minimum atomic E-state index is 0.282. The van der Waals surface area contributed by atoms with Gasteiger partial charge >= 0.3 is 0 Å². The van der Waals surface area contributed by atoms with Crippen LogP contribution in [0.25, 0.3) is 0 Å². The fourth-order valence-corrected chi connectivity index (χ4v) is 4.27. The monoisotopic (exact) mass is 281 g/mol. The maximum Gasteiger partial charge on any atom is 0.0331 e. The Bertz CT molecular complexity index is 286. The van der Waals surface area contributed by atoms with Crippen LogP contribution in [0.3, 0.4) is 0 Å². The van der Waals surface area contributed by atoms with Crippen LogP contribution in [0.1, 0.15) is 58.8 Å². The zero-order valence-electron chi connectivity index (χ0n) is 13.9. The van der Waals surface area contributed by atoms with Crippen molar-refractivity contribution in [3.63, 3.8) is 0 Å². The predicted molar refractivity (Wildman–Crippen MR) is 86.9 cm³/mol. The molecule has 2 fully saturated rings. The molecule has 2 aliphatic rings. The molecule has 2 N–H and O–H groups in total. The zero-order valence-corrected chi connectivity index (χ0v) is 13.9. The molecular weight excluding hydrogens is 246 g/mol. The molecule has 1 saturated heterocycles. The molecule has 0 spiro atoms. The van der Waals surface area contributed by atoms with Crippen molar-refractivity contribution in [1.82, 2.24) is 9.80 Å². The van der Waals surface area contributed by atoms with E-state index in [4.69, 9.17) is 5.73 Å². The van der Waals surface area contributed by atoms with Crippen molar-refractivity contribution in [2.24, 2.45) is 11.7 Å². The second kappa shape index (κ2) is 7.24. The Balaban J connectivity index is 1.99. The van der Waals surface area contributed by atoms with Gasteiger partial charge in [0.25, 0.3) is 0 Å². The minimum Gasteiger partial charge on any atom is -0.329 e. The summed E-state index contributed by atoms with van der Waals surface area (Å²) in [6.45, 7) is 9.26. The first-order chi connectivity index (χ1) is 9.61. The maximum atomic E-state index is 6.26. The lowest BCUT2D eigenvalue weighted by molar-refractivity contribution is 0.0290. The van der Waals surface area contributed by atoms with Gasteiger partial charge in [0.15, 0.2) is 0 Å². The number of piperidine rings is 1.